The Morgan fingerprint density at radius 3 is 1.04 bits per heavy atom. The Morgan fingerprint density at radius 2 is 0.692 bits per heavy atom. The summed E-state index contributed by atoms with van der Waals surface area (Å²) in [5.74, 6) is 0. The highest BCUT2D eigenvalue weighted by Gasteiger charge is 2.11. The van der Waals surface area contributed by atoms with Crippen LogP contribution in [0.5, 0.6) is 0 Å². The minimum absolute atomic E-state index is 0.741. The molecule has 125 valence electrons. The first kappa shape index (κ1) is 16.6. The van der Waals surface area contributed by atoms with E-state index in [1.54, 1.807) is 0 Å². The number of benzene rings is 4. The molecule has 0 N–H and O–H groups in total. The molecule has 0 aliphatic heterocycles. The smallest absolute Gasteiger partial charge is 0.0628 e. The topological polar surface area (TPSA) is 0 Å². The maximum absolute atomic E-state index is 2.37. The van der Waals surface area contributed by atoms with E-state index in [0.29, 0.717) is 0 Å². The fourth-order valence-corrected chi connectivity index (χ4v) is 4.92. The van der Waals surface area contributed by atoms with Crippen molar-refractivity contribution in [1.29, 1.82) is 0 Å². The predicted octanol–water partition coefficient (Wildman–Crippen LogP) is 5.26. The van der Waals surface area contributed by atoms with Gasteiger partial charge in [0.2, 0.25) is 0 Å². The first-order valence-corrected chi connectivity index (χ1v) is 11.0. The van der Waals surface area contributed by atoms with Crippen molar-refractivity contribution in [3.8, 4) is 22.3 Å². The molecule has 0 unspecified atom stereocenters. The molecule has 26 heavy (non-hydrogen) atoms. The molecule has 0 amide bonds. The van der Waals surface area contributed by atoms with Gasteiger partial charge in [-0.1, -0.05) is 126 Å². The van der Waals surface area contributed by atoms with Gasteiger partial charge in [-0.2, -0.15) is 0 Å². The first-order valence-electron chi connectivity index (χ1n) is 8.96. The van der Waals surface area contributed by atoms with Gasteiger partial charge in [-0.15, -0.1) is 0 Å². The first-order chi connectivity index (χ1) is 12.8. The zero-order valence-corrected chi connectivity index (χ0v) is 15.9. The molecule has 0 aliphatic carbocycles. The molecule has 0 heterocycles. The van der Waals surface area contributed by atoms with Crippen LogP contribution in [0.4, 0.5) is 0 Å². The Bertz CT molecular complexity index is 873. The van der Waals surface area contributed by atoms with Gasteiger partial charge >= 0.3 is 0 Å². The summed E-state index contributed by atoms with van der Waals surface area (Å²) in [4.78, 5) is 0. The van der Waals surface area contributed by atoms with Crippen LogP contribution < -0.4 is 10.4 Å². The molecule has 4 rings (SSSR count). The van der Waals surface area contributed by atoms with Crippen molar-refractivity contribution in [1.82, 2.24) is 0 Å². The third-order valence-electron chi connectivity index (χ3n) is 4.85. The fourth-order valence-electron chi connectivity index (χ4n) is 3.25. The van der Waals surface area contributed by atoms with E-state index < -0.39 is 8.80 Å². The number of hydrogen-bond acceptors (Lipinski definition) is 0. The van der Waals surface area contributed by atoms with Gasteiger partial charge in [0.15, 0.2) is 0 Å². The van der Waals surface area contributed by atoms with Crippen molar-refractivity contribution in [2.24, 2.45) is 0 Å². The fraction of sp³-hybridized carbons (Fsp3) is 0.0400. The number of hydrogen-bond donors (Lipinski definition) is 0. The second-order valence-electron chi connectivity index (χ2n) is 6.51. The lowest BCUT2D eigenvalue weighted by Crippen LogP contribution is -2.38. The molecule has 0 spiro atoms. The zero-order valence-electron chi connectivity index (χ0n) is 14.9. The van der Waals surface area contributed by atoms with Gasteiger partial charge in [-0.25, -0.2) is 0 Å². The normalized spacial score (nSPS) is 10.8. The molecule has 0 nitrogen and oxygen atoms in total. The van der Waals surface area contributed by atoms with E-state index in [1.807, 2.05) is 0 Å². The summed E-state index contributed by atoms with van der Waals surface area (Å²) in [6, 6.07) is 39.3. The molecule has 4 aromatic rings. The Morgan fingerprint density at radius 1 is 0.385 bits per heavy atom. The summed E-state index contributed by atoms with van der Waals surface area (Å²) in [6.07, 6.45) is 0. The second-order valence-corrected chi connectivity index (χ2v) is 8.92. The summed E-state index contributed by atoms with van der Waals surface area (Å²) in [7, 11) is -0.741. The summed E-state index contributed by atoms with van der Waals surface area (Å²) >= 11 is 0. The molecule has 0 aromatic heterocycles. The van der Waals surface area contributed by atoms with Crippen LogP contribution in [-0.4, -0.2) is 8.80 Å². The van der Waals surface area contributed by atoms with Crippen molar-refractivity contribution in [2.45, 2.75) is 6.55 Å². The van der Waals surface area contributed by atoms with Gasteiger partial charge in [0.1, 0.15) is 8.80 Å². The van der Waals surface area contributed by atoms with E-state index >= 15 is 0 Å². The van der Waals surface area contributed by atoms with Crippen LogP contribution in [0.2, 0.25) is 6.55 Å². The van der Waals surface area contributed by atoms with Crippen LogP contribution in [0.15, 0.2) is 109 Å². The third kappa shape index (κ3) is 3.53. The average Bonchev–Trinajstić information content (AvgIpc) is 2.75. The predicted molar refractivity (Wildman–Crippen MR) is 115 cm³/mol. The monoisotopic (exact) mass is 349 g/mol. The van der Waals surface area contributed by atoms with E-state index in [-0.39, 0.29) is 0 Å². The van der Waals surface area contributed by atoms with Gasteiger partial charge < -0.3 is 0 Å². The van der Waals surface area contributed by atoms with Crippen molar-refractivity contribution in [2.75, 3.05) is 0 Å². The van der Waals surface area contributed by atoms with Crippen LogP contribution >= 0.6 is 0 Å². The van der Waals surface area contributed by atoms with Crippen LogP contribution in [0.1, 0.15) is 0 Å². The maximum atomic E-state index is 2.37. The summed E-state index contributed by atoms with van der Waals surface area (Å²) in [6.45, 7) is 2.37. The lowest BCUT2D eigenvalue weighted by atomic mass is 10.1. The number of rotatable bonds is 4. The summed E-state index contributed by atoms with van der Waals surface area (Å²) < 4.78 is 0. The van der Waals surface area contributed by atoms with Gasteiger partial charge in [-0.05, 0) is 22.3 Å². The molecular weight excluding hydrogens is 328 g/mol. The Balaban J connectivity index is 1.55. The van der Waals surface area contributed by atoms with Gasteiger partial charge in [0.25, 0.3) is 0 Å². The van der Waals surface area contributed by atoms with E-state index in [1.165, 1.54) is 32.6 Å². The second kappa shape index (κ2) is 7.55. The molecule has 0 aliphatic rings. The lowest BCUT2D eigenvalue weighted by Gasteiger charge is -2.12. The molecule has 1 radical (unpaired) electrons. The Kier molecular flexibility index (Phi) is 4.81. The zero-order chi connectivity index (χ0) is 17.8. The van der Waals surface area contributed by atoms with E-state index in [2.05, 4.69) is 116 Å². The molecule has 4 aromatic carbocycles. The lowest BCUT2D eigenvalue weighted by molar-refractivity contribution is 1.62. The standard InChI is InChI=1S/C25H21Si/c1-26(24-16-12-22(13-17-24)20-8-4-2-5-9-20)25-18-14-23(15-19-25)21-10-6-3-7-11-21/h2-19H,1H3. The van der Waals surface area contributed by atoms with E-state index in [9.17, 15) is 0 Å². The minimum atomic E-state index is -0.741. The summed E-state index contributed by atoms with van der Waals surface area (Å²) in [5, 5.41) is 2.89. The van der Waals surface area contributed by atoms with Gasteiger partial charge in [0, 0.05) is 0 Å². The highest BCUT2D eigenvalue weighted by Crippen LogP contribution is 2.18. The van der Waals surface area contributed by atoms with E-state index in [0.717, 1.165) is 0 Å². The van der Waals surface area contributed by atoms with Crippen LogP contribution in [0, 0.1) is 0 Å². The minimum Gasteiger partial charge on any atom is -0.0628 e. The molecule has 0 saturated carbocycles. The molecule has 0 saturated heterocycles. The van der Waals surface area contributed by atoms with Gasteiger partial charge in [0.05, 0.1) is 0 Å². The van der Waals surface area contributed by atoms with E-state index in [4.69, 9.17) is 0 Å². The third-order valence-corrected chi connectivity index (χ3v) is 7.25. The van der Waals surface area contributed by atoms with Crippen molar-refractivity contribution >= 4 is 19.2 Å². The maximum Gasteiger partial charge on any atom is 0.118 e. The highest BCUT2D eigenvalue weighted by molar-refractivity contribution is 6.84. The molecular formula is C25H21Si. The van der Waals surface area contributed by atoms with Crippen LogP contribution in [0.3, 0.4) is 0 Å². The van der Waals surface area contributed by atoms with Crippen molar-refractivity contribution in [3.63, 3.8) is 0 Å². The summed E-state index contributed by atoms with van der Waals surface area (Å²) in [5.41, 5.74) is 5.11. The molecule has 0 bridgehead atoms. The highest BCUT2D eigenvalue weighted by atomic mass is 28.3. The SMILES string of the molecule is C[Si](c1ccc(-c2ccccc2)cc1)c1ccc(-c2ccccc2)cc1. The van der Waals surface area contributed by atoms with Crippen LogP contribution in [0.25, 0.3) is 22.3 Å². The molecule has 0 fully saturated rings. The average molecular weight is 350 g/mol. The van der Waals surface area contributed by atoms with Crippen molar-refractivity contribution in [3.05, 3.63) is 109 Å². The largest absolute Gasteiger partial charge is 0.118 e. The van der Waals surface area contributed by atoms with Crippen molar-refractivity contribution < 1.29 is 0 Å². The Labute approximate surface area is 157 Å². The van der Waals surface area contributed by atoms with Crippen LogP contribution in [-0.2, 0) is 0 Å². The molecule has 1 heteroatoms. The van der Waals surface area contributed by atoms with Gasteiger partial charge in [-0.3, -0.25) is 0 Å². The molecule has 0 atom stereocenters. The Hall–Kier alpha value is -2.90. The quantitative estimate of drug-likeness (QED) is 0.441.